The molecule has 2 aromatic rings. The van der Waals surface area contributed by atoms with Gasteiger partial charge in [0.2, 0.25) is 5.91 Å². The number of hydrogen-bond donors (Lipinski definition) is 3. The Hall–Kier alpha value is -2.63. The van der Waals surface area contributed by atoms with Gasteiger partial charge in [0.1, 0.15) is 17.3 Å². The van der Waals surface area contributed by atoms with Gasteiger partial charge in [-0.2, -0.15) is 0 Å². The van der Waals surface area contributed by atoms with Crippen molar-refractivity contribution in [1.82, 2.24) is 15.6 Å². The van der Waals surface area contributed by atoms with Crippen molar-refractivity contribution in [2.75, 3.05) is 63.8 Å². The number of methoxy groups -OCH3 is 2. The third-order valence-corrected chi connectivity index (χ3v) is 6.88. The summed E-state index contributed by atoms with van der Waals surface area (Å²) in [6.07, 6.45) is 0.956. The Morgan fingerprint density at radius 2 is 2.00 bits per heavy atom. The fourth-order valence-corrected chi connectivity index (χ4v) is 5.21. The number of carbonyl (C=O) groups is 2. The zero-order chi connectivity index (χ0) is 22.5. The van der Waals surface area contributed by atoms with E-state index in [0.29, 0.717) is 29.6 Å². The Morgan fingerprint density at radius 3 is 2.69 bits per heavy atom. The van der Waals surface area contributed by atoms with Crippen LogP contribution in [-0.2, 0) is 14.3 Å². The molecule has 174 valence electrons. The number of benzene rings is 1. The van der Waals surface area contributed by atoms with Crippen LogP contribution in [0.15, 0.2) is 12.1 Å². The number of rotatable bonds is 6. The van der Waals surface area contributed by atoms with Crippen LogP contribution in [0.1, 0.15) is 12.8 Å². The molecule has 0 spiro atoms. The molecule has 2 aliphatic heterocycles. The molecule has 4 rings (SSSR count). The van der Waals surface area contributed by atoms with Gasteiger partial charge in [0.15, 0.2) is 5.13 Å². The number of nitrogens with zero attached hydrogens (tertiary/aromatic N) is 2. The topological polar surface area (TPSA) is 114 Å². The minimum absolute atomic E-state index is 0.0168. The molecule has 2 aliphatic rings. The van der Waals surface area contributed by atoms with Gasteiger partial charge in [0, 0.05) is 13.1 Å². The van der Waals surface area contributed by atoms with Crippen LogP contribution in [-0.4, -0.2) is 76.6 Å². The molecule has 10 nitrogen and oxygen atoms in total. The second-order valence-corrected chi connectivity index (χ2v) is 8.77. The zero-order valence-electron chi connectivity index (χ0n) is 18.3. The Balaban J connectivity index is 1.60. The zero-order valence-corrected chi connectivity index (χ0v) is 19.1. The Labute approximate surface area is 190 Å². The number of morpholine rings is 1. The van der Waals surface area contributed by atoms with Crippen LogP contribution in [0, 0.1) is 5.92 Å². The minimum Gasteiger partial charge on any atom is -0.494 e. The molecular weight excluding hydrogens is 434 g/mol. The Bertz CT molecular complexity index is 955. The molecule has 2 saturated heterocycles. The SMILES string of the molecule is COC(=O)NC(C(=O)Nc1nc2c(OC)ccc(N3CCOCC3)c2s1)C1CCNCC1. The summed E-state index contributed by atoms with van der Waals surface area (Å²) in [5, 5.41) is 9.37. The first kappa shape index (κ1) is 22.6. The highest BCUT2D eigenvalue weighted by atomic mass is 32.1. The van der Waals surface area contributed by atoms with Crippen molar-refractivity contribution in [3.05, 3.63) is 12.1 Å². The lowest BCUT2D eigenvalue weighted by Crippen LogP contribution is -2.51. The maximum atomic E-state index is 13.2. The van der Waals surface area contributed by atoms with E-state index in [1.54, 1.807) is 7.11 Å². The molecular formula is C21H29N5O5S. The summed E-state index contributed by atoms with van der Waals surface area (Å²) in [6, 6.07) is 3.22. The first-order valence-electron chi connectivity index (χ1n) is 10.8. The molecule has 0 aliphatic carbocycles. The number of piperidine rings is 1. The number of thiazole rings is 1. The number of alkyl carbamates (subject to hydrolysis) is 1. The van der Waals surface area contributed by atoms with Crippen LogP contribution >= 0.6 is 11.3 Å². The van der Waals surface area contributed by atoms with Crippen molar-refractivity contribution in [3.8, 4) is 5.75 Å². The Kier molecular flexibility index (Phi) is 7.28. The smallest absolute Gasteiger partial charge is 0.407 e. The van der Waals surface area contributed by atoms with Crippen molar-refractivity contribution in [3.63, 3.8) is 0 Å². The van der Waals surface area contributed by atoms with Crippen molar-refractivity contribution >= 4 is 44.4 Å². The van der Waals surface area contributed by atoms with Gasteiger partial charge in [-0.25, -0.2) is 9.78 Å². The van der Waals surface area contributed by atoms with Crippen LogP contribution in [0.25, 0.3) is 10.2 Å². The standard InChI is InChI=1S/C21H29N5O5S/c1-29-15-4-3-14(26-9-11-31-12-10-26)18-17(15)23-20(32-18)25-19(27)16(24-21(28)30-2)13-5-7-22-8-6-13/h3-4,13,16,22H,5-12H2,1-2H3,(H,24,28)(H,23,25,27). The van der Waals surface area contributed by atoms with E-state index in [1.807, 2.05) is 12.1 Å². The summed E-state index contributed by atoms with van der Waals surface area (Å²) in [5.41, 5.74) is 1.75. The monoisotopic (exact) mass is 463 g/mol. The number of aromatic nitrogens is 1. The minimum atomic E-state index is -0.697. The number of nitrogens with one attached hydrogen (secondary N) is 3. The summed E-state index contributed by atoms with van der Waals surface area (Å²) in [7, 11) is 2.90. The van der Waals surface area contributed by atoms with E-state index in [2.05, 4.69) is 25.8 Å². The fraction of sp³-hybridized carbons (Fsp3) is 0.571. The largest absolute Gasteiger partial charge is 0.494 e. The van der Waals surface area contributed by atoms with Gasteiger partial charge in [-0.3, -0.25) is 4.79 Å². The van der Waals surface area contributed by atoms with E-state index in [0.717, 1.165) is 49.4 Å². The summed E-state index contributed by atoms with van der Waals surface area (Å²) < 4.78 is 16.7. The highest BCUT2D eigenvalue weighted by Crippen LogP contribution is 2.39. The Morgan fingerprint density at radius 1 is 1.25 bits per heavy atom. The molecule has 1 aromatic heterocycles. The molecule has 2 amide bonds. The van der Waals surface area contributed by atoms with Crippen molar-refractivity contribution in [2.45, 2.75) is 18.9 Å². The highest BCUT2D eigenvalue weighted by Gasteiger charge is 2.32. The van der Waals surface area contributed by atoms with Gasteiger partial charge in [-0.05, 0) is 44.0 Å². The summed E-state index contributed by atoms with van der Waals surface area (Å²) >= 11 is 1.40. The first-order chi connectivity index (χ1) is 15.6. The summed E-state index contributed by atoms with van der Waals surface area (Å²) in [5.74, 6) is 0.368. The van der Waals surface area contributed by atoms with Gasteiger partial charge in [0.25, 0.3) is 0 Å². The summed E-state index contributed by atoms with van der Waals surface area (Å²) in [6.45, 7) is 4.54. The average molecular weight is 464 g/mol. The fourth-order valence-electron chi connectivity index (χ4n) is 4.19. The molecule has 0 saturated carbocycles. The lowest BCUT2D eigenvalue weighted by molar-refractivity contribution is -0.119. The third kappa shape index (κ3) is 4.89. The van der Waals surface area contributed by atoms with Gasteiger partial charge >= 0.3 is 6.09 Å². The predicted molar refractivity (Wildman–Crippen MR) is 123 cm³/mol. The molecule has 0 radical (unpaired) electrons. The molecule has 3 heterocycles. The van der Waals surface area contributed by atoms with Crippen LogP contribution in [0.3, 0.4) is 0 Å². The van der Waals surface area contributed by atoms with Crippen molar-refractivity contribution < 1.29 is 23.8 Å². The molecule has 32 heavy (non-hydrogen) atoms. The number of anilines is 2. The predicted octanol–water partition coefficient (Wildman–Crippen LogP) is 1.80. The third-order valence-electron chi connectivity index (χ3n) is 5.88. The lowest BCUT2D eigenvalue weighted by atomic mass is 9.89. The molecule has 0 bridgehead atoms. The number of hydrogen-bond acceptors (Lipinski definition) is 9. The van der Waals surface area contributed by atoms with Gasteiger partial charge in [0.05, 0.1) is 37.8 Å². The van der Waals surface area contributed by atoms with E-state index >= 15 is 0 Å². The molecule has 11 heteroatoms. The van der Waals surface area contributed by atoms with Crippen LogP contribution in [0.5, 0.6) is 5.75 Å². The molecule has 2 fully saturated rings. The summed E-state index contributed by atoms with van der Waals surface area (Å²) in [4.78, 5) is 32.0. The van der Waals surface area contributed by atoms with Crippen LogP contribution < -0.4 is 25.6 Å². The van der Waals surface area contributed by atoms with Gasteiger partial charge in [-0.1, -0.05) is 11.3 Å². The maximum absolute atomic E-state index is 13.2. The van der Waals surface area contributed by atoms with Crippen molar-refractivity contribution in [2.24, 2.45) is 5.92 Å². The number of fused-ring (bicyclic) bond motifs is 1. The maximum Gasteiger partial charge on any atom is 0.407 e. The normalized spacial score (nSPS) is 18.2. The second kappa shape index (κ2) is 10.3. The van der Waals surface area contributed by atoms with Gasteiger partial charge in [-0.15, -0.1) is 0 Å². The molecule has 3 N–H and O–H groups in total. The number of carbonyl (C=O) groups excluding carboxylic acids is 2. The van der Waals surface area contributed by atoms with Crippen LogP contribution in [0.4, 0.5) is 15.6 Å². The average Bonchev–Trinajstić information content (AvgIpc) is 3.26. The number of amides is 2. The van der Waals surface area contributed by atoms with E-state index in [-0.39, 0.29) is 11.8 Å². The van der Waals surface area contributed by atoms with Crippen LogP contribution in [0.2, 0.25) is 0 Å². The molecule has 1 aromatic carbocycles. The van der Waals surface area contributed by atoms with E-state index in [1.165, 1.54) is 18.4 Å². The van der Waals surface area contributed by atoms with E-state index in [9.17, 15) is 9.59 Å². The number of ether oxygens (including phenoxy) is 3. The quantitative estimate of drug-likeness (QED) is 0.594. The highest BCUT2D eigenvalue weighted by molar-refractivity contribution is 7.23. The van der Waals surface area contributed by atoms with E-state index < -0.39 is 12.1 Å². The van der Waals surface area contributed by atoms with Gasteiger partial charge < -0.3 is 35.1 Å². The lowest BCUT2D eigenvalue weighted by Gasteiger charge is -2.29. The molecule has 1 atom stereocenters. The molecule has 1 unspecified atom stereocenters. The second-order valence-electron chi connectivity index (χ2n) is 7.77. The first-order valence-corrected chi connectivity index (χ1v) is 11.6. The van der Waals surface area contributed by atoms with Crippen molar-refractivity contribution in [1.29, 1.82) is 0 Å². The van der Waals surface area contributed by atoms with E-state index in [4.69, 9.17) is 14.2 Å².